The van der Waals surface area contributed by atoms with Gasteiger partial charge in [-0.3, -0.25) is 0 Å². The number of quaternary nitrogens is 1. The van der Waals surface area contributed by atoms with E-state index in [-0.39, 0.29) is 0 Å². The van der Waals surface area contributed by atoms with Crippen LogP contribution in [0, 0.1) is 0 Å². The van der Waals surface area contributed by atoms with Crippen LogP contribution in [0.15, 0.2) is 28.7 Å². The Balaban J connectivity index is 1.70. The molecule has 18 heavy (non-hydrogen) atoms. The monoisotopic (exact) mass is 316 g/mol. The zero-order valence-corrected chi connectivity index (χ0v) is 11.9. The van der Waals surface area contributed by atoms with Crippen molar-refractivity contribution in [2.45, 2.75) is 6.10 Å². The van der Waals surface area contributed by atoms with Crippen LogP contribution in [0.1, 0.15) is 0 Å². The third kappa shape index (κ3) is 4.57. The predicted octanol–water partition coefficient (Wildman–Crippen LogP) is 0.104. The minimum absolute atomic E-state index is 0.339. The van der Waals surface area contributed by atoms with Crippen molar-refractivity contribution in [3.05, 3.63) is 28.7 Å². The molecular weight excluding hydrogens is 298 g/mol. The average Bonchev–Trinajstić information content (AvgIpc) is 2.39. The van der Waals surface area contributed by atoms with Gasteiger partial charge in [0.2, 0.25) is 0 Å². The molecule has 1 saturated heterocycles. The Hall–Kier alpha value is -0.620. The van der Waals surface area contributed by atoms with Crippen LogP contribution < -0.4 is 9.64 Å². The first kappa shape index (κ1) is 13.8. The first-order chi connectivity index (χ1) is 8.74. The number of hydrogen-bond acceptors (Lipinski definition) is 3. The van der Waals surface area contributed by atoms with E-state index in [1.54, 1.807) is 0 Å². The SMILES string of the molecule is OC(COc1ccc(Br)cc1)C[NH+]1CCOCC1. The highest BCUT2D eigenvalue weighted by molar-refractivity contribution is 9.10. The molecule has 0 aromatic heterocycles. The van der Waals surface area contributed by atoms with Crippen molar-refractivity contribution in [3.63, 3.8) is 0 Å². The zero-order valence-electron chi connectivity index (χ0n) is 10.3. The van der Waals surface area contributed by atoms with Crippen molar-refractivity contribution in [1.29, 1.82) is 0 Å². The van der Waals surface area contributed by atoms with Gasteiger partial charge in [-0.15, -0.1) is 0 Å². The van der Waals surface area contributed by atoms with Crippen molar-refractivity contribution < 1.29 is 19.5 Å². The molecule has 1 atom stereocenters. The minimum Gasteiger partial charge on any atom is -0.491 e. The van der Waals surface area contributed by atoms with Gasteiger partial charge in [0.05, 0.1) is 13.2 Å². The second-order valence-electron chi connectivity index (χ2n) is 4.49. The third-order valence-electron chi connectivity index (χ3n) is 2.98. The second-order valence-corrected chi connectivity index (χ2v) is 5.40. The standard InChI is InChI=1S/C13H18BrNO3/c14-11-1-3-13(4-2-11)18-10-12(16)9-15-5-7-17-8-6-15/h1-4,12,16H,5-10H2/p+1. The number of halogens is 1. The highest BCUT2D eigenvalue weighted by atomic mass is 79.9. The van der Waals surface area contributed by atoms with Gasteiger partial charge in [-0.2, -0.15) is 0 Å². The maximum Gasteiger partial charge on any atom is 0.137 e. The zero-order chi connectivity index (χ0) is 12.8. The summed E-state index contributed by atoms with van der Waals surface area (Å²) in [5.41, 5.74) is 0. The summed E-state index contributed by atoms with van der Waals surface area (Å²) in [5, 5.41) is 9.92. The van der Waals surface area contributed by atoms with Gasteiger partial charge in [0.1, 0.15) is 38.1 Å². The molecule has 1 aromatic carbocycles. The van der Waals surface area contributed by atoms with E-state index in [2.05, 4.69) is 15.9 Å². The highest BCUT2D eigenvalue weighted by Gasteiger charge is 2.18. The molecule has 4 nitrogen and oxygen atoms in total. The van der Waals surface area contributed by atoms with Crippen LogP contribution in [0.5, 0.6) is 5.75 Å². The van der Waals surface area contributed by atoms with E-state index >= 15 is 0 Å². The van der Waals surface area contributed by atoms with Crippen LogP contribution in [-0.2, 0) is 4.74 Å². The fourth-order valence-electron chi connectivity index (χ4n) is 1.98. The van der Waals surface area contributed by atoms with Gasteiger partial charge in [0, 0.05) is 4.47 Å². The summed E-state index contributed by atoms with van der Waals surface area (Å²) in [6, 6.07) is 7.63. The molecule has 1 aliphatic rings. The van der Waals surface area contributed by atoms with E-state index in [9.17, 15) is 5.11 Å². The van der Waals surface area contributed by atoms with Crippen molar-refractivity contribution in [3.8, 4) is 5.75 Å². The van der Waals surface area contributed by atoms with Gasteiger partial charge in [-0.25, -0.2) is 0 Å². The quantitative estimate of drug-likeness (QED) is 0.810. The van der Waals surface area contributed by atoms with Crippen LogP contribution in [0.25, 0.3) is 0 Å². The van der Waals surface area contributed by atoms with Gasteiger partial charge >= 0.3 is 0 Å². The van der Waals surface area contributed by atoms with Crippen LogP contribution in [0.2, 0.25) is 0 Å². The van der Waals surface area contributed by atoms with E-state index in [1.165, 1.54) is 4.90 Å². The first-order valence-corrected chi connectivity index (χ1v) is 7.01. The molecule has 0 saturated carbocycles. The fraction of sp³-hybridized carbons (Fsp3) is 0.538. The predicted molar refractivity (Wildman–Crippen MR) is 72.0 cm³/mol. The smallest absolute Gasteiger partial charge is 0.137 e. The maximum absolute atomic E-state index is 9.92. The molecule has 0 bridgehead atoms. The molecule has 0 amide bonds. The largest absolute Gasteiger partial charge is 0.491 e. The molecule has 1 heterocycles. The third-order valence-corrected chi connectivity index (χ3v) is 3.51. The van der Waals surface area contributed by atoms with Gasteiger partial charge < -0.3 is 19.5 Å². The molecule has 0 radical (unpaired) electrons. The molecule has 2 N–H and O–H groups in total. The molecule has 100 valence electrons. The molecule has 0 aliphatic carbocycles. The summed E-state index contributed by atoms with van der Waals surface area (Å²) >= 11 is 3.37. The van der Waals surface area contributed by atoms with Gasteiger partial charge in [0.25, 0.3) is 0 Å². The summed E-state index contributed by atoms with van der Waals surface area (Å²) in [7, 11) is 0. The molecular formula is C13H19BrNO3+. The van der Waals surface area contributed by atoms with Crippen molar-refractivity contribution in [1.82, 2.24) is 0 Å². The van der Waals surface area contributed by atoms with Crippen LogP contribution >= 0.6 is 15.9 Å². The van der Waals surface area contributed by atoms with E-state index in [1.807, 2.05) is 24.3 Å². The minimum atomic E-state index is -0.429. The number of rotatable bonds is 5. The van der Waals surface area contributed by atoms with Crippen molar-refractivity contribution in [2.75, 3.05) is 39.5 Å². The maximum atomic E-state index is 9.92. The summed E-state index contributed by atoms with van der Waals surface area (Å²) in [5.74, 6) is 0.786. The number of aliphatic hydroxyl groups excluding tert-OH is 1. The van der Waals surface area contributed by atoms with E-state index < -0.39 is 6.10 Å². The second kappa shape index (κ2) is 7.09. The Kier molecular flexibility index (Phi) is 5.44. The first-order valence-electron chi connectivity index (χ1n) is 6.22. The number of aliphatic hydroxyl groups is 1. The summed E-state index contributed by atoms with van der Waals surface area (Å²) in [6.07, 6.45) is -0.429. The topological polar surface area (TPSA) is 43.1 Å². The molecule has 1 unspecified atom stereocenters. The molecule has 1 aliphatic heterocycles. The van der Waals surface area contributed by atoms with Crippen molar-refractivity contribution >= 4 is 15.9 Å². The Labute approximate surface area is 116 Å². The number of benzene rings is 1. The van der Waals surface area contributed by atoms with Gasteiger partial charge in [-0.1, -0.05) is 15.9 Å². The lowest BCUT2D eigenvalue weighted by atomic mass is 10.3. The van der Waals surface area contributed by atoms with Crippen molar-refractivity contribution in [2.24, 2.45) is 0 Å². The average molecular weight is 317 g/mol. The van der Waals surface area contributed by atoms with Gasteiger partial charge in [-0.05, 0) is 24.3 Å². The molecule has 0 spiro atoms. The summed E-state index contributed by atoms with van der Waals surface area (Å²) in [4.78, 5) is 1.38. The molecule has 1 aromatic rings. The molecule has 1 fully saturated rings. The van der Waals surface area contributed by atoms with Gasteiger partial charge in [0.15, 0.2) is 0 Å². The van der Waals surface area contributed by atoms with E-state index in [0.29, 0.717) is 6.61 Å². The lowest BCUT2D eigenvalue weighted by molar-refractivity contribution is -0.911. The molecule has 2 rings (SSSR count). The lowest BCUT2D eigenvalue weighted by Gasteiger charge is -2.25. The Morgan fingerprint density at radius 3 is 2.61 bits per heavy atom. The highest BCUT2D eigenvalue weighted by Crippen LogP contribution is 2.15. The number of ether oxygens (including phenoxy) is 2. The lowest BCUT2D eigenvalue weighted by Crippen LogP contribution is -3.15. The normalized spacial score (nSPS) is 18.6. The number of nitrogens with one attached hydrogen (secondary N) is 1. The van der Waals surface area contributed by atoms with Crippen LogP contribution in [-0.4, -0.2) is 50.7 Å². The Morgan fingerprint density at radius 2 is 1.94 bits per heavy atom. The number of morpholine rings is 1. The summed E-state index contributed by atoms with van der Waals surface area (Å²) in [6.45, 7) is 4.57. The van der Waals surface area contributed by atoms with Crippen LogP contribution in [0.4, 0.5) is 0 Å². The fourth-order valence-corrected chi connectivity index (χ4v) is 2.24. The van der Waals surface area contributed by atoms with E-state index in [0.717, 1.165) is 43.1 Å². The Bertz CT molecular complexity index is 352. The van der Waals surface area contributed by atoms with E-state index in [4.69, 9.17) is 9.47 Å². The molecule has 5 heteroatoms. The Morgan fingerprint density at radius 1 is 1.28 bits per heavy atom. The van der Waals surface area contributed by atoms with Crippen LogP contribution in [0.3, 0.4) is 0 Å². The number of hydrogen-bond donors (Lipinski definition) is 2. The summed E-state index contributed by atoms with van der Waals surface area (Å²) < 4.78 is 11.9.